The van der Waals surface area contributed by atoms with Gasteiger partial charge < -0.3 is 38.6 Å². The van der Waals surface area contributed by atoms with Gasteiger partial charge in [-0.3, -0.25) is 28.6 Å². The zero-order valence-electron chi connectivity index (χ0n) is 61.4. The van der Waals surface area contributed by atoms with Gasteiger partial charge in [0.1, 0.15) is 17.3 Å². The molecule has 18 nitrogen and oxygen atoms in total. The molecule has 14 atom stereocenters. The lowest BCUT2D eigenvalue weighted by molar-refractivity contribution is -0.150. The van der Waals surface area contributed by atoms with E-state index in [1.165, 1.54) is 22.3 Å². The number of aryl methyl sites for hydroxylation is 2. The van der Waals surface area contributed by atoms with Crippen molar-refractivity contribution in [3.05, 3.63) is 141 Å². The Balaban J connectivity index is 0.000000194. The van der Waals surface area contributed by atoms with Crippen LogP contribution in [0.15, 0.2) is 102 Å². The van der Waals surface area contributed by atoms with Crippen LogP contribution < -0.4 is 28.7 Å². The molecule has 3 N–H and O–H groups in total. The summed E-state index contributed by atoms with van der Waals surface area (Å²) in [5, 5.41) is 10.4. The molecule has 0 radical (unpaired) electrons. The van der Waals surface area contributed by atoms with E-state index in [-0.39, 0.29) is 70.9 Å². The second kappa shape index (κ2) is 29.2. The average Bonchev–Trinajstić information content (AvgIpc) is 1.71. The summed E-state index contributed by atoms with van der Waals surface area (Å²) in [5.74, 6) is 7.60. The van der Waals surface area contributed by atoms with Gasteiger partial charge in [0, 0.05) is 95.7 Å². The number of Topliss-reactive ketones (excluding diaryl/α,β-unsaturated/α-hetero) is 1. The normalized spacial score (nSPS) is 33.9. The summed E-state index contributed by atoms with van der Waals surface area (Å²) in [6.07, 6.45) is 19.0. The van der Waals surface area contributed by atoms with Gasteiger partial charge in [0.05, 0.1) is 67.0 Å². The summed E-state index contributed by atoms with van der Waals surface area (Å²) >= 11 is 12.9. The maximum atomic E-state index is 14.0. The van der Waals surface area contributed by atoms with Gasteiger partial charge in [0.15, 0.2) is 11.4 Å². The molecule has 0 aromatic heterocycles. The number of rotatable bonds is 9. The summed E-state index contributed by atoms with van der Waals surface area (Å²) in [7, 11) is -2.71. The van der Waals surface area contributed by atoms with Gasteiger partial charge in [-0.2, -0.15) is 0 Å². The zero-order chi connectivity index (χ0) is 74.0. The molecule has 2 saturated carbocycles. The zero-order valence-corrected chi connectivity index (χ0v) is 64.5. The summed E-state index contributed by atoms with van der Waals surface area (Å²) < 4.78 is 65.5. The SMILES string of the molecule is C=S1(=O)NC(=O)c2ccc3c(c2)N(C[C@@H]2CC[C@H]2[C@@](CC(=O)CC(C)(C)C(=O)O)(OC)/C=C/C[C@H](C)[C@H]1C)C[C@@]1(CCCc2cc(Cl)ccc21)CO3.C=S1(=O)NC(=O)c2ccc3c(c2)N(C[C@@H]2CC[C@H]2[C@@](CC2=NC(C)(C)C(=O)O2)(OC)/C=C/C[C@H](C)[C@H]1C)C[C@@]1(CCCc2cc(Cl)ccc21)CO3. The first kappa shape index (κ1) is 76.0. The highest BCUT2D eigenvalue weighted by molar-refractivity contribution is 7.99. The van der Waals surface area contributed by atoms with Crippen LogP contribution >= 0.6 is 23.2 Å². The first-order valence-electron chi connectivity index (χ1n) is 36.6. The fraction of sp³-hybridized carbons (Fsp3) is 0.556. The van der Waals surface area contributed by atoms with Crippen molar-refractivity contribution in [1.82, 2.24) is 9.44 Å². The maximum absolute atomic E-state index is 14.0. The number of benzene rings is 4. The molecule has 2 spiro atoms. The minimum absolute atomic E-state index is 0.0316. The number of aliphatic carboxylic acids is 1. The highest BCUT2D eigenvalue weighted by Gasteiger charge is 2.54. The first-order valence-corrected chi connectivity index (χ1v) is 41.0. The maximum Gasteiger partial charge on any atom is 0.340 e. The van der Waals surface area contributed by atoms with Crippen molar-refractivity contribution in [3.8, 4) is 11.5 Å². The van der Waals surface area contributed by atoms with E-state index < -0.39 is 69.9 Å². The Hall–Kier alpha value is -6.68. The predicted octanol–water partition coefficient (Wildman–Crippen LogP) is 13.7. The molecule has 0 saturated heterocycles. The number of amides is 2. The number of nitrogens with one attached hydrogen (secondary N) is 2. The van der Waals surface area contributed by atoms with Crippen LogP contribution in [0.1, 0.15) is 182 Å². The fourth-order valence-electron chi connectivity index (χ4n) is 17.7. The number of methoxy groups -OCH3 is 2. The molecule has 5 aliphatic heterocycles. The summed E-state index contributed by atoms with van der Waals surface area (Å²) in [5.41, 5.74) is 2.86. The van der Waals surface area contributed by atoms with Crippen molar-refractivity contribution in [1.29, 1.82) is 0 Å². The standard InChI is InChI=1S/C41H53ClN2O7S.C40H50ClN3O6S/c1-26-9-7-18-41(50-5,22-32(45)21-39(3,4)38(47)48)34-14-11-30(34)23-44-24-40(17-8-10-28-19-31(42)13-15-33(28)40)25-51-36-16-12-29(20-35(36)44)37(46)43-52(6,49)27(26)2;1-25-9-7-18-40(48-5,21-35-42-38(3,4)37(46)50-35)32-14-11-29(32)22-44-23-39(17-8-10-27-19-30(41)13-15-31(27)39)24-49-34-16-12-28(20-33(34)44)36(45)43-51(6,47)26(25)2/h7,12-13,15-16,18-20,26-27,30,34H,6,8-11,14,17,21-25H2,1-5H3,(H,47,48)(H,43,46,49);7,12-13,15-16,18-20,25-26,29,32H,6,8-11,14,17,21-24H2,1-5H3,(H,43,45,47)/b2*18-7+/t26-,27+,30-,34+,40-,41+,52?;25-,26+,29-,32+,39-,40+,51?/m00/s1. The van der Waals surface area contributed by atoms with Crippen LogP contribution in [0.2, 0.25) is 10.0 Å². The number of ether oxygens (including phenoxy) is 5. The van der Waals surface area contributed by atoms with Crippen LogP contribution in [-0.2, 0) is 71.7 Å². The fourth-order valence-corrected chi connectivity index (χ4v) is 21.1. The van der Waals surface area contributed by atoms with E-state index in [4.69, 9.17) is 46.9 Å². The number of fused-ring (bicyclic) bond motifs is 8. The van der Waals surface area contributed by atoms with Crippen LogP contribution in [0, 0.1) is 40.9 Å². The molecule has 103 heavy (non-hydrogen) atoms. The van der Waals surface area contributed by atoms with Crippen molar-refractivity contribution in [3.63, 3.8) is 0 Å². The van der Waals surface area contributed by atoms with E-state index in [0.29, 0.717) is 92.2 Å². The number of anilines is 2. The van der Waals surface area contributed by atoms with Crippen molar-refractivity contribution in [2.45, 2.75) is 190 Å². The smallest absolute Gasteiger partial charge is 0.340 e. The van der Waals surface area contributed by atoms with E-state index in [0.717, 1.165) is 80.6 Å². The van der Waals surface area contributed by atoms with Crippen LogP contribution in [0.5, 0.6) is 11.5 Å². The van der Waals surface area contributed by atoms with Crippen LogP contribution in [0.3, 0.4) is 0 Å². The molecule has 5 heterocycles. The molecule has 4 aromatic rings. The Bertz CT molecular complexity index is 4330. The molecule has 4 bridgehead atoms. The number of allylic oxidation sites excluding steroid dienone is 2. The molecule has 4 aromatic carbocycles. The van der Waals surface area contributed by atoms with Crippen LogP contribution in [0.25, 0.3) is 0 Å². The van der Waals surface area contributed by atoms with Gasteiger partial charge in [0.2, 0.25) is 0 Å². The van der Waals surface area contributed by atoms with E-state index >= 15 is 0 Å². The molecule has 4 aliphatic carbocycles. The molecule has 22 heteroatoms. The van der Waals surface area contributed by atoms with Crippen molar-refractivity contribution >= 4 is 101 Å². The third-order valence-electron chi connectivity index (χ3n) is 24.7. The summed E-state index contributed by atoms with van der Waals surface area (Å²) in [4.78, 5) is 75.3. The number of hydrogen-bond acceptors (Lipinski definition) is 15. The van der Waals surface area contributed by atoms with Gasteiger partial charge in [-0.25, -0.2) is 18.2 Å². The second-order valence-corrected chi connectivity index (χ2v) is 38.1. The van der Waals surface area contributed by atoms with Crippen LogP contribution in [0.4, 0.5) is 11.4 Å². The number of carbonyl (C=O) groups excluding carboxylic acids is 4. The van der Waals surface area contributed by atoms with Crippen molar-refractivity contribution in [2.24, 2.45) is 45.9 Å². The number of carboxylic acid groups (broad SMARTS) is 1. The lowest BCUT2D eigenvalue weighted by atomic mass is 9.62. The summed E-state index contributed by atoms with van der Waals surface area (Å²) in [6, 6.07) is 23.3. The minimum Gasteiger partial charge on any atom is -0.490 e. The minimum atomic E-state index is -3.06. The van der Waals surface area contributed by atoms with Gasteiger partial charge in [0.25, 0.3) is 11.8 Å². The number of nitrogens with zero attached hydrogens (tertiary/aromatic N) is 3. The quantitative estimate of drug-likeness (QED) is 0.0804. The number of carboxylic acids is 1. The third-order valence-corrected chi connectivity index (χ3v) is 29.6. The first-order chi connectivity index (χ1) is 48.6. The topological polar surface area (TPSA) is 229 Å². The average molecular weight is 1490 g/mol. The Morgan fingerprint density at radius 2 is 1.14 bits per heavy atom. The number of cyclic esters (lactones) is 1. The van der Waals surface area contributed by atoms with Crippen molar-refractivity contribution in [2.75, 3.05) is 63.4 Å². The van der Waals surface area contributed by atoms with E-state index in [2.05, 4.69) is 72.4 Å². The molecule has 2 amide bonds. The Labute approximate surface area is 619 Å². The number of esters is 1. The van der Waals surface area contributed by atoms with E-state index in [9.17, 15) is 37.5 Å². The Morgan fingerprint density at radius 1 is 0.680 bits per heavy atom. The second-order valence-electron chi connectivity index (χ2n) is 32.4. The molecular formula is C81H103Cl2N5O13S2. The summed E-state index contributed by atoms with van der Waals surface area (Å²) in [6.45, 7) is 18.0. The highest BCUT2D eigenvalue weighted by Crippen LogP contribution is 2.53. The van der Waals surface area contributed by atoms with Gasteiger partial charge >= 0.3 is 11.9 Å². The van der Waals surface area contributed by atoms with Crippen molar-refractivity contribution < 1.29 is 61.2 Å². The predicted molar refractivity (Wildman–Crippen MR) is 410 cm³/mol. The molecular weight excluding hydrogens is 1390 g/mol. The van der Waals surface area contributed by atoms with Gasteiger partial charge in [-0.15, -0.1) is 0 Å². The lowest BCUT2D eigenvalue weighted by Crippen LogP contribution is -2.54. The molecule has 13 rings (SSSR count). The lowest BCUT2D eigenvalue weighted by Gasteiger charge is -2.50. The number of halogens is 2. The van der Waals surface area contributed by atoms with E-state index in [1.807, 2.05) is 76.2 Å². The van der Waals surface area contributed by atoms with Crippen LogP contribution in [-0.4, -0.2) is 142 Å². The van der Waals surface area contributed by atoms with Gasteiger partial charge in [-0.05, 0) is 249 Å². The number of ketones is 1. The number of hydrogen-bond donors (Lipinski definition) is 3. The Morgan fingerprint density at radius 3 is 1.55 bits per heavy atom. The highest BCUT2D eigenvalue weighted by atomic mass is 35.5. The number of carbonyl (C=O) groups is 5. The largest absolute Gasteiger partial charge is 0.490 e. The van der Waals surface area contributed by atoms with Gasteiger partial charge in [-0.1, -0.05) is 73.5 Å². The molecule has 2 unspecified atom stereocenters. The monoisotopic (exact) mass is 1490 g/mol. The third kappa shape index (κ3) is 15.2. The van der Waals surface area contributed by atoms with E-state index in [1.54, 1.807) is 54.0 Å². The number of aliphatic imine (C=N–C) groups is 1. The molecule has 9 aliphatic rings. The Kier molecular flexibility index (Phi) is 21.6. The molecule has 556 valence electrons. The molecule has 2 fully saturated rings.